The van der Waals surface area contributed by atoms with Crippen LogP contribution in [0.25, 0.3) is 0 Å². The van der Waals surface area contributed by atoms with E-state index in [1.807, 2.05) is 37.3 Å². The summed E-state index contributed by atoms with van der Waals surface area (Å²) in [7, 11) is -3.37. The molecule has 3 aromatic rings. The molecule has 1 aliphatic heterocycles. The number of anilines is 2. The van der Waals surface area contributed by atoms with Gasteiger partial charge in [0.2, 0.25) is 10.0 Å². The first-order valence-corrected chi connectivity index (χ1v) is 13.6. The second kappa shape index (κ2) is 9.03. The fourth-order valence-electron chi connectivity index (χ4n) is 4.96. The van der Waals surface area contributed by atoms with Crippen molar-refractivity contribution < 1.29 is 8.42 Å². The first kappa shape index (κ1) is 24.2. The van der Waals surface area contributed by atoms with E-state index in [4.69, 9.17) is 12.2 Å². The van der Waals surface area contributed by atoms with Crippen molar-refractivity contribution in [3.63, 3.8) is 0 Å². The molecule has 0 amide bonds. The molecule has 1 saturated heterocycles. The second-order valence-corrected chi connectivity index (χ2v) is 11.3. The number of aromatic nitrogens is 2. The number of hydrogen-bond acceptors (Lipinski definition) is 4. The van der Waals surface area contributed by atoms with Gasteiger partial charge >= 0.3 is 0 Å². The molecule has 0 radical (unpaired) electrons. The third-order valence-electron chi connectivity index (χ3n) is 6.24. The lowest BCUT2D eigenvalue weighted by Crippen LogP contribution is -2.29. The summed E-state index contributed by atoms with van der Waals surface area (Å²) in [4.78, 5) is 6.76. The van der Waals surface area contributed by atoms with E-state index in [1.165, 1.54) is 17.0 Å². The normalized spacial score (nSPS) is 18.4. The van der Waals surface area contributed by atoms with Gasteiger partial charge in [-0.2, -0.15) is 0 Å². The van der Waals surface area contributed by atoms with Crippen LogP contribution in [0.3, 0.4) is 0 Å². The maximum atomic E-state index is 11.7. The molecule has 0 spiro atoms. The standard InChI is InChI=1S/C25H31N5O2S2/c1-15(2)29-17(4)14-20(18(29)5)24-23(22-9-7-8-12-26-22)27-25(33)30(24)19-10-11-21(16(3)13-19)28-34(6,31)32/h7-15,23-24,28H,1-6H3,(H,27,33)/t23-,24+/m0/s1. The number of rotatable bonds is 6. The summed E-state index contributed by atoms with van der Waals surface area (Å²) in [5, 5.41) is 4.11. The molecule has 180 valence electrons. The van der Waals surface area contributed by atoms with Gasteiger partial charge in [0.05, 0.1) is 29.7 Å². The second-order valence-electron chi connectivity index (χ2n) is 9.16. The monoisotopic (exact) mass is 497 g/mol. The fraction of sp³-hybridized carbons (Fsp3) is 0.360. The Kier molecular flexibility index (Phi) is 6.44. The molecule has 0 bridgehead atoms. The van der Waals surface area contributed by atoms with Gasteiger partial charge < -0.3 is 14.8 Å². The highest BCUT2D eigenvalue weighted by Crippen LogP contribution is 2.44. The van der Waals surface area contributed by atoms with Crippen LogP contribution >= 0.6 is 12.2 Å². The van der Waals surface area contributed by atoms with Crippen molar-refractivity contribution in [1.29, 1.82) is 0 Å². The molecule has 0 unspecified atom stereocenters. The van der Waals surface area contributed by atoms with Gasteiger partial charge in [-0.25, -0.2) is 8.42 Å². The van der Waals surface area contributed by atoms with Crippen LogP contribution in [0.2, 0.25) is 0 Å². The first-order chi connectivity index (χ1) is 16.0. The maximum Gasteiger partial charge on any atom is 0.229 e. The Morgan fingerprint density at radius 1 is 1.12 bits per heavy atom. The van der Waals surface area contributed by atoms with Crippen LogP contribution in [-0.2, 0) is 10.0 Å². The summed E-state index contributed by atoms with van der Waals surface area (Å²) in [6.07, 6.45) is 2.95. The number of sulfonamides is 1. The van der Waals surface area contributed by atoms with Crippen molar-refractivity contribution in [2.24, 2.45) is 0 Å². The minimum Gasteiger partial charge on any atom is -0.351 e. The van der Waals surface area contributed by atoms with Crippen molar-refractivity contribution >= 4 is 38.7 Å². The molecule has 1 fully saturated rings. The number of thiocarbonyl (C=S) groups is 1. The highest BCUT2D eigenvalue weighted by atomic mass is 32.2. The van der Waals surface area contributed by atoms with E-state index in [2.05, 4.69) is 58.3 Å². The third kappa shape index (κ3) is 4.54. The maximum absolute atomic E-state index is 11.7. The van der Waals surface area contributed by atoms with Gasteiger partial charge in [0, 0.05) is 29.3 Å². The van der Waals surface area contributed by atoms with E-state index in [0.29, 0.717) is 16.8 Å². The number of nitrogens with zero attached hydrogens (tertiary/aromatic N) is 3. The molecular weight excluding hydrogens is 466 g/mol. The van der Waals surface area contributed by atoms with Gasteiger partial charge in [0.1, 0.15) is 0 Å². The van der Waals surface area contributed by atoms with Gasteiger partial charge in [0.15, 0.2) is 5.11 Å². The Balaban J connectivity index is 1.85. The molecule has 1 aliphatic rings. The Labute approximate surface area is 207 Å². The largest absolute Gasteiger partial charge is 0.351 e. The molecule has 2 aromatic heterocycles. The van der Waals surface area contributed by atoms with Crippen molar-refractivity contribution in [3.05, 3.63) is 76.9 Å². The molecular formula is C25H31N5O2S2. The minimum atomic E-state index is -3.37. The smallest absolute Gasteiger partial charge is 0.229 e. The summed E-state index contributed by atoms with van der Waals surface area (Å²) in [6.45, 7) is 10.5. The van der Waals surface area contributed by atoms with Crippen molar-refractivity contribution in [2.75, 3.05) is 15.9 Å². The van der Waals surface area contributed by atoms with E-state index < -0.39 is 10.0 Å². The van der Waals surface area contributed by atoms with Crippen molar-refractivity contribution in [2.45, 2.75) is 52.7 Å². The lowest BCUT2D eigenvalue weighted by atomic mass is 9.96. The van der Waals surface area contributed by atoms with Gasteiger partial charge in [-0.15, -0.1) is 0 Å². The fourth-order valence-corrected chi connectivity index (χ4v) is 5.93. The Morgan fingerprint density at radius 2 is 1.85 bits per heavy atom. The van der Waals surface area contributed by atoms with E-state index in [9.17, 15) is 8.42 Å². The quantitative estimate of drug-likeness (QED) is 0.470. The summed E-state index contributed by atoms with van der Waals surface area (Å²) in [5.74, 6) is 0. The molecule has 9 heteroatoms. The zero-order valence-corrected chi connectivity index (χ0v) is 22.0. The Bertz CT molecular complexity index is 1330. The SMILES string of the molecule is Cc1cc(N2C(=S)N[C@@H](c3ccccn3)[C@H]2c2cc(C)n(C(C)C)c2C)ccc1NS(C)(=O)=O. The van der Waals surface area contributed by atoms with Crippen LogP contribution in [0, 0.1) is 20.8 Å². The zero-order valence-electron chi connectivity index (χ0n) is 20.3. The number of nitrogens with one attached hydrogen (secondary N) is 2. The average Bonchev–Trinajstić information content (AvgIpc) is 3.24. The Morgan fingerprint density at radius 3 is 2.41 bits per heavy atom. The topological polar surface area (TPSA) is 79.3 Å². The van der Waals surface area contributed by atoms with Crippen LogP contribution in [0.1, 0.15) is 60.2 Å². The van der Waals surface area contributed by atoms with Crippen LogP contribution in [-0.4, -0.2) is 29.3 Å². The van der Waals surface area contributed by atoms with Gasteiger partial charge in [-0.1, -0.05) is 6.07 Å². The predicted molar refractivity (Wildman–Crippen MR) is 142 cm³/mol. The van der Waals surface area contributed by atoms with E-state index >= 15 is 0 Å². The molecule has 2 atom stereocenters. The predicted octanol–water partition coefficient (Wildman–Crippen LogP) is 4.94. The van der Waals surface area contributed by atoms with Gasteiger partial charge in [0.25, 0.3) is 0 Å². The lowest BCUT2D eigenvalue weighted by Gasteiger charge is -2.29. The summed E-state index contributed by atoms with van der Waals surface area (Å²) >= 11 is 5.84. The van der Waals surface area contributed by atoms with E-state index in [-0.39, 0.29) is 12.1 Å². The first-order valence-electron chi connectivity index (χ1n) is 11.3. The summed E-state index contributed by atoms with van der Waals surface area (Å²) in [5.41, 5.74) is 6.76. The van der Waals surface area contributed by atoms with Crippen molar-refractivity contribution in [1.82, 2.24) is 14.9 Å². The highest BCUT2D eigenvalue weighted by molar-refractivity contribution is 7.92. The number of benzene rings is 1. The van der Waals surface area contributed by atoms with Crippen LogP contribution in [0.5, 0.6) is 0 Å². The summed E-state index contributed by atoms with van der Waals surface area (Å²) in [6, 6.07) is 13.9. The number of pyridine rings is 1. The molecule has 0 saturated carbocycles. The van der Waals surface area contributed by atoms with E-state index in [1.54, 1.807) is 12.3 Å². The zero-order chi connectivity index (χ0) is 24.8. The number of hydrogen-bond donors (Lipinski definition) is 2. The molecule has 0 aliphatic carbocycles. The van der Waals surface area contributed by atoms with Gasteiger partial charge in [-0.05, 0) is 94.4 Å². The molecule has 2 N–H and O–H groups in total. The molecule has 7 nitrogen and oxygen atoms in total. The molecule has 3 heterocycles. The van der Waals surface area contributed by atoms with Crippen LogP contribution in [0.15, 0.2) is 48.7 Å². The minimum absolute atomic E-state index is 0.116. The molecule has 1 aromatic carbocycles. The van der Waals surface area contributed by atoms with Crippen LogP contribution < -0.4 is 14.9 Å². The average molecular weight is 498 g/mol. The third-order valence-corrected chi connectivity index (χ3v) is 7.15. The Hall–Kier alpha value is -2.91. The lowest BCUT2D eigenvalue weighted by molar-refractivity contribution is 0.547. The summed E-state index contributed by atoms with van der Waals surface area (Å²) < 4.78 is 28.4. The van der Waals surface area contributed by atoms with Gasteiger partial charge in [-0.3, -0.25) is 9.71 Å². The van der Waals surface area contributed by atoms with E-state index in [0.717, 1.165) is 23.2 Å². The van der Waals surface area contributed by atoms with Crippen molar-refractivity contribution in [3.8, 4) is 0 Å². The highest BCUT2D eigenvalue weighted by Gasteiger charge is 2.42. The number of aryl methyl sites for hydroxylation is 2. The molecule has 4 rings (SSSR count). The van der Waals surface area contributed by atoms with Crippen LogP contribution in [0.4, 0.5) is 11.4 Å². The molecule has 34 heavy (non-hydrogen) atoms.